The zero-order chi connectivity index (χ0) is 8.97. The summed E-state index contributed by atoms with van der Waals surface area (Å²) < 4.78 is 10.7. The Morgan fingerprint density at radius 2 is 2.33 bits per heavy atom. The molecule has 1 N–H and O–H groups in total. The minimum atomic E-state index is 0.265. The molecule has 0 aromatic heterocycles. The Morgan fingerprint density at radius 1 is 1.58 bits per heavy atom. The molecule has 3 atom stereocenters. The highest BCUT2D eigenvalue weighted by atomic mass is 16.5. The first-order chi connectivity index (χ1) is 5.79. The molecule has 1 rings (SSSR count). The highest BCUT2D eigenvalue weighted by Gasteiger charge is 2.29. The molecule has 0 aromatic rings. The predicted octanol–water partition coefficient (Wildman–Crippen LogP) is 0.646. The molecule has 3 unspecified atom stereocenters. The molecule has 12 heavy (non-hydrogen) atoms. The minimum Gasteiger partial charge on any atom is -0.379 e. The van der Waals surface area contributed by atoms with Gasteiger partial charge in [-0.15, -0.1) is 0 Å². The normalized spacial score (nSPS) is 33.2. The van der Waals surface area contributed by atoms with Crippen LogP contribution in [0.15, 0.2) is 0 Å². The number of hydrogen-bond acceptors (Lipinski definition) is 3. The van der Waals surface area contributed by atoms with Crippen molar-refractivity contribution in [2.75, 3.05) is 27.4 Å². The van der Waals surface area contributed by atoms with Crippen molar-refractivity contribution in [3.8, 4) is 0 Å². The van der Waals surface area contributed by atoms with Gasteiger partial charge in [0.05, 0.1) is 12.7 Å². The molecule has 1 saturated heterocycles. The van der Waals surface area contributed by atoms with E-state index in [1.165, 1.54) is 0 Å². The Kier molecular flexibility index (Phi) is 3.98. The van der Waals surface area contributed by atoms with Crippen LogP contribution in [0.5, 0.6) is 0 Å². The van der Waals surface area contributed by atoms with Crippen LogP contribution in [0.1, 0.15) is 13.3 Å². The van der Waals surface area contributed by atoms with E-state index in [-0.39, 0.29) is 6.10 Å². The second kappa shape index (κ2) is 4.80. The largest absolute Gasteiger partial charge is 0.379 e. The summed E-state index contributed by atoms with van der Waals surface area (Å²) in [5.41, 5.74) is 0. The molecule has 0 spiro atoms. The first kappa shape index (κ1) is 9.96. The SMILES string of the molecule is CNC(C)C1CCOCC1OC. The molecular weight excluding hydrogens is 154 g/mol. The fraction of sp³-hybridized carbons (Fsp3) is 1.00. The third kappa shape index (κ3) is 2.19. The fourth-order valence-electron chi connectivity index (χ4n) is 1.76. The Labute approximate surface area is 74.4 Å². The van der Waals surface area contributed by atoms with Crippen LogP contribution in [0.25, 0.3) is 0 Å². The van der Waals surface area contributed by atoms with Crippen molar-refractivity contribution >= 4 is 0 Å². The zero-order valence-electron chi connectivity index (χ0n) is 8.17. The number of nitrogens with one attached hydrogen (secondary N) is 1. The lowest BCUT2D eigenvalue weighted by molar-refractivity contribution is -0.0728. The zero-order valence-corrected chi connectivity index (χ0v) is 8.17. The molecule has 0 aromatic carbocycles. The van der Waals surface area contributed by atoms with Crippen LogP contribution >= 0.6 is 0 Å². The summed E-state index contributed by atoms with van der Waals surface area (Å²) >= 11 is 0. The van der Waals surface area contributed by atoms with E-state index < -0.39 is 0 Å². The molecule has 0 bridgehead atoms. The quantitative estimate of drug-likeness (QED) is 0.679. The molecule has 1 aliphatic heterocycles. The van der Waals surface area contributed by atoms with Crippen molar-refractivity contribution in [1.29, 1.82) is 0 Å². The summed E-state index contributed by atoms with van der Waals surface area (Å²) in [7, 11) is 3.75. The van der Waals surface area contributed by atoms with E-state index in [0.29, 0.717) is 12.0 Å². The van der Waals surface area contributed by atoms with Gasteiger partial charge in [-0.2, -0.15) is 0 Å². The lowest BCUT2D eigenvalue weighted by atomic mass is 9.90. The highest BCUT2D eigenvalue weighted by molar-refractivity contribution is 4.81. The predicted molar refractivity (Wildman–Crippen MR) is 48.2 cm³/mol. The van der Waals surface area contributed by atoms with Gasteiger partial charge in [0.2, 0.25) is 0 Å². The van der Waals surface area contributed by atoms with Crippen LogP contribution in [0.2, 0.25) is 0 Å². The van der Waals surface area contributed by atoms with Crippen molar-refractivity contribution in [2.45, 2.75) is 25.5 Å². The maximum absolute atomic E-state index is 5.36. The molecule has 0 saturated carbocycles. The molecule has 72 valence electrons. The van der Waals surface area contributed by atoms with E-state index >= 15 is 0 Å². The lowest BCUT2D eigenvalue weighted by Gasteiger charge is -2.34. The Hall–Kier alpha value is -0.120. The van der Waals surface area contributed by atoms with E-state index in [4.69, 9.17) is 9.47 Å². The van der Waals surface area contributed by atoms with E-state index in [1.807, 2.05) is 7.05 Å². The molecule has 0 amide bonds. The summed E-state index contributed by atoms with van der Waals surface area (Å²) in [6.45, 7) is 3.81. The average molecular weight is 173 g/mol. The maximum Gasteiger partial charge on any atom is 0.0848 e. The molecule has 1 heterocycles. The van der Waals surface area contributed by atoms with Gasteiger partial charge in [0, 0.05) is 25.7 Å². The summed E-state index contributed by atoms with van der Waals surface area (Å²) in [5, 5.41) is 3.26. The Morgan fingerprint density at radius 3 is 2.92 bits per heavy atom. The van der Waals surface area contributed by atoms with Gasteiger partial charge >= 0.3 is 0 Å². The van der Waals surface area contributed by atoms with E-state index in [0.717, 1.165) is 19.6 Å². The maximum atomic E-state index is 5.36. The van der Waals surface area contributed by atoms with Gasteiger partial charge in [-0.25, -0.2) is 0 Å². The topological polar surface area (TPSA) is 30.5 Å². The average Bonchev–Trinajstić information content (AvgIpc) is 2.16. The fourth-order valence-corrected chi connectivity index (χ4v) is 1.76. The summed E-state index contributed by atoms with van der Waals surface area (Å²) in [4.78, 5) is 0. The number of ether oxygens (including phenoxy) is 2. The first-order valence-electron chi connectivity index (χ1n) is 4.57. The van der Waals surface area contributed by atoms with Gasteiger partial charge in [-0.1, -0.05) is 0 Å². The Balaban J connectivity index is 2.46. The third-order valence-corrected chi connectivity index (χ3v) is 2.76. The number of rotatable bonds is 3. The van der Waals surface area contributed by atoms with E-state index in [2.05, 4.69) is 12.2 Å². The highest BCUT2D eigenvalue weighted by Crippen LogP contribution is 2.21. The summed E-state index contributed by atoms with van der Waals surface area (Å²) in [6, 6.07) is 0.513. The van der Waals surface area contributed by atoms with E-state index in [9.17, 15) is 0 Å². The van der Waals surface area contributed by atoms with Crippen LogP contribution in [0, 0.1) is 5.92 Å². The van der Waals surface area contributed by atoms with Crippen LogP contribution in [-0.2, 0) is 9.47 Å². The third-order valence-electron chi connectivity index (χ3n) is 2.76. The molecule has 0 radical (unpaired) electrons. The van der Waals surface area contributed by atoms with Crippen molar-refractivity contribution in [3.63, 3.8) is 0 Å². The minimum absolute atomic E-state index is 0.265. The molecule has 1 aliphatic rings. The smallest absolute Gasteiger partial charge is 0.0848 e. The molecule has 3 heteroatoms. The second-order valence-electron chi connectivity index (χ2n) is 3.38. The van der Waals surface area contributed by atoms with Crippen LogP contribution < -0.4 is 5.32 Å². The second-order valence-corrected chi connectivity index (χ2v) is 3.38. The summed E-state index contributed by atoms with van der Waals surface area (Å²) in [5.74, 6) is 0.591. The van der Waals surface area contributed by atoms with Gasteiger partial charge in [-0.05, 0) is 20.4 Å². The number of hydrogen-bond donors (Lipinski definition) is 1. The number of methoxy groups -OCH3 is 1. The molecule has 1 fully saturated rings. The molecular formula is C9H19NO2. The van der Waals surface area contributed by atoms with Crippen molar-refractivity contribution in [1.82, 2.24) is 5.32 Å². The van der Waals surface area contributed by atoms with Gasteiger partial charge in [0.25, 0.3) is 0 Å². The van der Waals surface area contributed by atoms with Crippen molar-refractivity contribution < 1.29 is 9.47 Å². The Bertz CT molecular complexity index is 130. The molecule has 0 aliphatic carbocycles. The van der Waals surface area contributed by atoms with Crippen molar-refractivity contribution in [3.05, 3.63) is 0 Å². The van der Waals surface area contributed by atoms with Gasteiger partial charge in [0.15, 0.2) is 0 Å². The summed E-state index contributed by atoms with van der Waals surface area (Å²) in [6.07, 6.45) is 1.36. The standard InChI is InChI=1S/C9H19NO2/c1-7(10-2)8-4-5-12-6-9(8)11-3/h7-10H,4-6H2,1-3H3. The van der Waals surface area contributed by atoms with Gasteiger partial charge in [0.1, 0.15) is 0 Å². The van der Waals surface area contributed by atoms with Crippen molar-refractivity contribution in [2.24, 2.45) is 5.92 Å². The van der Waals surface area contributed by atoms with Crippen LogP contribution in [0.3, 0.4) is 0 Å². The van der Waals surface area contributed by atoms with Crippen LogP contribution in [-0.4, -0.2) is 39.5 Å². The monoisotopic (exact) mass is 173 g/mol. The van der Waals surface area contributed by atoms with E-state index in [1.54, 1.807) is 7.11 Å². The van der Waals surface area contributed by atoms with Gasteiger partial charge in [-0.3, -0.25) is 0 Å². The van der Waals surface area contributed by atoms with Crippen LogP contribution in [0.4, 0.5) is 0 Å². The van der Waals surface area contributed by atoms with Gasteiger partial charge < -0.3 is 14.8 Å². The molecule has 3 nitrogen and oxygen atoms in total. The first-order valence-corrected chi connectivity index (χ1v) is 4.57. The lowest BCUT2D eigenvalue weighted by Crippen LogP contribution is -2.44.